The Bertz CT molecular complexity index is 603. The van der Waals surface area contributed by atoms with E-state index in [1.807, 2.05) is 36.1 Å². The number of rotatable bonds is 7. The summed E-state index contributed by atoms with van der Waals surface area (Å²) >= 11 is 0. The zero-order valence-electron chi connectivity index (χ0n) is 13.8. The van der Waals surface area contributed by atoms with Gasteiger partial charge in [0.05, 0.1) is 20.1 Å². The van der Waals surface area contributed by atoms with Gasteiger partial charge in [-0.05, 0) is 31.1 Å². The number of ether oxygens (including phenoxy) is 1. The number of nitrogens with zero attached hydrogens (tertiary/aromatic N) is 1. The molecule has 23 heavy (non-hydrogen) atoms. The highest BCUT2D eigenvalue weighted by molar-refractivity contribution is 5.70. The Balaban J connectivity index is 3.20. The molecule has 1 rings (SSSR count). The highest BCUT2D eigenvalue weighted by Gasteiger charge is 2.20. The first kappa shape index (κ1) is 18.4. The number of hydrogen-bond donors (Lipinski definition) is 1. The smallest absolute Gasteiger partial charge is 0.307 e. The Hall–Kier alpha value is -2.67. The van der Waals surface area contributed by atoms with Gasteiger partial charge in [0.2, 0.25) is 0 Å². The lowest BCUT2D eigenvalue weighted by molar-refractivity contribution is -0.141. The van der Waals surface area contributed by atoms with Gasteiger partial charge in [-0.3, -0.25) is 4.79 Å². The molecule has 0 saturated carbocycles. The van der Waals surface area contributed by atoms with Crippen molar-refractivity contribution in [2.75, 3.05) is 13.7 Å². The molecule has 0 aromatic carbocycles. The van der Waals surface area contributed by atoms with E-state index in [1.165, 1.54) is 7.11 Å². The van der Waals surface area contributed by atoms with Crippen LogP contribution in [0.2, 0.25) is 0 Å². The van der Waals surface area contributed by atoms with Crippen molar-refractivity contribution in [3.8, 4) is 12.3 Å². The van der Waals surface area contributed by atoms with Crippen LogP contribution in [0, 0.1) is 12.3 Å². The second-order valence-corrected chi connectivity index (χ2v) is 5.27. The topological polar surface area (TPSA) is 55.6 Å². The number of allylic oxidation sites excluding steroid dienone is 7. The normalized spacial score (nSPS) is 16.7. The summed E-state index contributed by atoms with van der Waals surface area (Å²) < 4.78 is 4.76. The third kappa shape index (κ3) is 5.91. The van der Waals surface area contributed by atoms with E-state index in [2.05, 4.69) is 18.6 Å². The Kier molecular flexibility index (Phi) is 7.49. The number of carbonyl (C=O) groups is 1. The second kappa shape index (κ2) is 9.37. The molecule has 0 bridgehead atoms. The van der Waals surface area contributed by atoms with Gasteiger partial charge in [0.15, 0.2) is 0 Å². The van der Waals surface area contributed by atoms with Gasteiger partial charge in [-0.2, -0.15) is 0 Å². The Morgan fingerprint density at radius 2 is 2.30 bits per heavy atom. The molecule has 0 saturated heterocycles. The number of terminal acetylenes is 1. The predicted molar refractivity (Wildman–Crippen MR) is 94.0 cm³/mol. The number of carbonyl (C=O) groups excluding carboxylic acids is 1. The molecule has 4 nitrogen and oxygen atoms in total. The van der Waals surface area contributed by atoms with Gasteiger partial charge in [-0.25, -0.2) is 0 Å². The van der Waals surface area contributed by atoms with Crippen molar-refractivity contribution in [3.05, 3.63) is 60.0 Å². The van der Waals surface area contributed by atoms with Crippen LogP contribution in [0.5, 0.6) is 0 Å². The third-order valence-electron chi connectivity index (χ3n) is 3.46. The summed E-state index contributed by atoms with van der Waals surface area (Å²) in [4.78, 5) is 13.6. The van der Waals surface area contributed by atoms with E-state index < -0.39 is 0 Å². The Labute approximate surface area is 138 Å². The maximum absolute atomic E-state index is 11.6. The molecule has 0 spiro atoms. The SMILES string of the molecule is C#CCN(C(/C=C\C(=C)N)=C1\C=CC=CC1)C(C)CC(=O)OC. The molecule has 0 aliphatic heterocycles. The third-order valence-corrected chi connectivity index (χ3v) is 3.46. The van der Waals surface area contributed by atoms with Crippen LogP contribution in [0.1, 0.15) is 19.8 Å². The molecular formula is C19H24N2O2. The van der Waals surface area contributed by atoms with Crippen LogP contribution in [0.3, 0.4) is 0 Å². The minimum Gasteiger partial charge on any atom is -0.469 e. The highest BCUT2D eigenvalue weighted by atomic mass is 16.5. The van der Waals surface area contributed by atoms with Gasteiger partial charge in [0, 0.05) is 17.4 Å². The van der Waals surface area contributed by atoms with Crippen molar-refractivity contribution in [2.45, 2.75) is 25.8 Å². The Morgan fingerprint density at radius 3 is 2.83 bits per heavy atom. The van der Waals surface area contributed by atoms with Gasteiger partial charge in [0.1, 0.15) is 0 Å². The van der Waals surface area contributed by atoms with Crippen LogP contribution in [-0.2, 0) is 9.53 Å². The monoisotopic (exact) mass is 312 g/mol. The molecular weight excluding hydrogens is 288 g/mol. The van der Waals surface area contributed by atoms with Crippen LogP contribution >= 0.6 is 0 Å². The van der Waals surface area contributed by atoms with Gasteiger partial charge in [-0.1, -0.05) is 36.8 Å². The molecule has 1 aliphatic carbocycles. The lowest BCUT2D eigenvalue weighted by Crippen LogP contribution is -2.35. The minimum atomic E-state index is -0.268. The summed E-state index contributed by atoms with van der Waals surface area (Å²) in [5.41, 5.74) is 8.16. The first-order chi connectivity index (χ1) is 11.0. The van der Waals surface area contributed by atoms with Crippen molar-refractivity contribution in [1.29, 1.82) is 0 Å². The molecule has 122 valence electrons. The zero-order chi connectivity index (χ0) is 17.2. The number of nitrogens with two attached hydrogens (primary N) is 1. The van der Waals surface area contributed by atoms with Crippen LogP contribution in [0.4, 0.5) is 0 Å². The van der Waals surface area contributed by atoms with Gasteiger partial charge < -0.3 is 15.4 Å². The highest BCUT2D eigenvalue weighted by Crippen LogP contribution is 2.23. The lowest BCUT2D eigenvalue weighted by Gasteiger charge is -2.31. The molecule has 0 aromatic heterocycles. The summed E-state index contributed by atoms with van der Waals surface area (Å²) in [6.45, 7) is 6.02. The summed E-state index contributed by atoms with van der Waals surface area (Å²) in [6, 6.07) is -0.101. The molecule has 0 amide bonds. The number of hydrogen-bond acceptors (Lipinski definition) is 4. The van der Waals surface area contributed by atoms with Gasteiger partial charge >= 0.3 is 5.97 Å². The molecule has 1 unspecified atom stereocenters. The molecule has 4 heteroatoms. The molecule has 0 heterocycles. The van der Waals surface area contributed by atoms with Crippen LogP contribution in [0.15, 0.2) is 60.0 Å². The first-order valence-electron chi connectivity index (χ1n) is 7.45. The van der Waals surface area contributed by atoms with Crippen molar-refractivity contribution in [3.63, 3.8) is 0 Å². The predicted octanol–water partition coefficient (Wildman–Crippen LogP) is 2.67. The maximum atomic E-state index is 11.6. The van der Waals surface area contributed by atoms with Crippen molar-refractivity contribution in [2.24, 2.45) is 5.73 Å². The van der Waals surface area contributed by atoms with E-state index in [1.54, 1.807) is 6.08 Å². The maximum Gasteiger partial charge on any atom is 0.307 e. The van der Waals surface area contributed by atoms with Crippen LogP contribution < -0.4 is 5.73 Å². The average molecular weight is 312 g/mol. The molecule has 1 aliphatic rings. The van der Waals surface area contributed by atoms with E-state index in [-0.39, 0.29) is 18.4 Å². The second-order valence-electron chi connectivity index (χ2n) is 5.27. The molecule has 0 radical (unpaired) electrons. The van der Waals surface area contributed by atoms with Crippen LogP contribution in [-0.4, -0.2) is 30.6 Å². The summed E-state index contributed by atoms with van der Waals surface area (Å²) in [6.07, 6.45) is 18.3. The van der Waals surface area contributed by atoms with Crippen molar-refractivity contribution in [1.82, 2.24) is 4.90 Å². The minimum absolute atomic E-state index is 0.101. The fourth-order valence-corrected chi connectivity index (χ4v) is 2.29. The lowest BCUT2D eigenvalue weighted by atomic mass is 10.0. The fourth-order valence-electron chi connectivity index (χ4n) is 2.29. The molecule has 0 fully saturated rings. The van der Waals surface area contributed by atoms with E-state index in [9.17, 15) is 4.79 Å². The quantitative estimate of drug-likeness (QED) is 0.446. The zero-order valence-corrected chi connectivity index (χ0v) is 13.8. The van der Waals surface area contributed by atoms with Crippen molar-refractivity contribution < 1.29 is 9.53 Å². The van der Waals surface area contributed by atoms with E-state index in [4.69, 9.17) is 16.9 Å². The standard InChI is InChI=1S/C19H24N2O2/c1-5-13-21(16(3)14-19(22)23-4)18(12-11-15(2)20)17-9-7-6-8-10-17/h1,6-9,11-12,16H,2,10,13-14,20H2,3-4H3/b12-11-,18-17+. The van der Waals surface area contributed by atoms with Crippen molar-refractivity contribution >= 4 is 5.97 Å². The van der Waals surface area contributed by atoms with E-state index >= 15 is 0 Å². The Morgan fingerprint density at radius 1 is 1.57 bits per heavy atom. The summed E-state index contributed by atoms with van der Waals surface area (Å²) in [5, 5.41) is 0. The number of methoxy groups -OCH3 is 1. The molecule has 0 aromatic rings. The van der Waals surface area contributed by atoms with Crippen LogP contribution in [0.25, 0.3) is 0 Å². The summed E-state index contributed by atoms with van der Waals surface area (Å²) in [7, 11) is 1.38. The number of esters is 1. The average Bonchev–Trinajstić information content (AvgIpc) is 2.54. The van der Waals surface area contributed by atoms with Gasteiger partial charge in [-0.15, -0.1) is 6.42 Å². The van der Waals surface area contributed by atoms with E-state index in [0.29, 0.717) is 12.2 Å². The fraction of sp³-hybridized carbons (Fsp3) is 0.316. The van der Waals surface area contributed by atoms with Gasteiger partial charge in [0.25, 0.3) is 0 Å². The largest absolute Gasteiger partial charge is 0.469 e. The van der Waals surface area contributed by atoms with E-state index in [0.717, 1.165) is 17.7 Å². The first-order valence-corrected chi connectivity index (χ1v) is 7.45. The molecule has 1 atom stereocenters. The molecule has 2 N–H and O–H groups in total. The summed E-state index contributed by atoms with van der Waals surface area (Å²) in [5.74, 6) is 2.39.